The predicted octanol–water partition coefficient (Wildman–Crippen LogP) is 1.60. The van der Waals surface area contributed by atoms with Gasteiger partial charge in [0.2, 0.25) is 0 Å². The molecular weight excluding hydrogens is 230 g/mol. The molecule has 4 nitrogen and oxygen atoms in total. The molecule has 0 bridgehead atoms. The highest BCUT2D eigenvalue weighted by molar-refractivity contribution is 5.94. The fourth-order valence-electron chi connectivity index (χ4n) is 1.54. The van der Waals surface area contributed by atoms with Crippen LogP contribution in [0.5, 0.6) is 0 Å². The number of carbonyl (C=O) groups is 2. The van der Waals surface area contributed by atoms with Crippen LogP contribution in [-0.4, -0.2) is 35.0 Å². The number of hydrogen-bond acceptors (Lipinski definition) is 2. The van der Waals surface area contributed by atoms with E-state index in [2.05, 4.69) is 5.92 Å². The molecule has 1 atom stereocenters. The molecule has 0 spiro atoms. The summed E-state index contributed by atoms with van der Waals surface area (Å²) >= 11 is 0. The van der Waals surface area contributed by atoms with Crippen molar-refractivity contribution in [3.8, 4) is 12.3 Å². The Bertz CT molecular complexity index is 502. The summed E-state index contributed by atoms with van der Waals surface area (Å²) < 4.78 is 0. The Morgan fingerprint density at radius 2 is 2.17 bits per heavy atom. The van der Waals surface area contributed by atoms with Crippen LogP contribution < -0.4 is 0 Å². The van der Waals surface area contributed by atoms with Crippen LogP contribution in [0, 0.1) is 12.3 Å². The molecule has 0 aliphatic rings. The second kappa shape index (κ2) is 5.87. The van der Waals surface area contributed by atoms with Crippen LogP contribution in [0.1, 0.15) is 29.3 Å². The molecule has 0 saturated carbocycles. The minimum absolute atomic E-state index is 0.0862. The summed E-state index contributed by atoms with van der Waals surface area (Å²) in [6.07, 6.45) is 5.18. The van der Waals surface area contributed by atoms with Crippen LogP contribution in [0.15, 0.2) is 24.3 Å². The highest BCUT2D eigenvalue weighted by atomic mass is 16.4. The molecule has 1 rings (SSSR count). The minimum Gasteiger partial charge on any atom is -0.481 e. The van der Waals surface area contributed by atoms with E-state index in [0.717, 1.165) is 0 Å². The molecule has 0 saturated heterocycles. The second-order valence-corrected chi connectivity index (χ2v) is 4.09. The van der Waals surface area contributed by atoms with Gasteiger partial charge in [0.05, 0.1) is 6.42 Å². The maximum atomic E-state index is 12.1. The Hall–Kier alpha value is -2.28. The highest BCUT2D eigenvalue weighted by Gasteiger charge is 2.19. The number of rotatable bonds is 4. The summed E-state index contributed by atoms with van der Waals surface area (Å²) in [6.45, 7) is 1.69. The first-order valence-electron chi connectivity index (χ1n) is 5.51. The van der Waals surface area contributed by atoms with E-state index >= 15 is 0 Å². The quantitative estimate of drug-likeness (QED) is 0.820. The summed E-state index contributed by atoms with van der Waals surface area (Å²) in [7, 11) is 1.58. The number of nitrogens with zero attached hydrogens (tertiary/aromatic N) is 1. The molecule has 1 aromatic carbocycles. The molecule has 18 heavy (non-hydrogen) atoms. The zero-order valence-electron chi connectivity index (χ0n) is 10.4. The van der Waals surface area contributed by atoms with E-state index < -0.39 is 5.97 Å². The zero-order valence-corrected chi connectivity index (χ0v) is 10.4. The van der Waals surface area contributed by atoms with Gasteiger partial charge in [-0.05, 0) is 25.1 Å². The van der Waals surface area contributed by atoms with Crippen molar-refractivity contribution in [1.82, 2.24) is 4.90 Å². The van der Waals surface area contributed by atoms with E-state index in [1.54, 1.807) is 38.2 Å². The maximum Gasteiger partial charge on any atom is 0.305 e. The third-order valence-corrected chi connectivity index (χ3v) is 2.73. The van der Waals surface area contributed by atoms with Crippen LogP contribution in [0.25, 0.3) is 0 Å². The molecule has 1 amide bonds. The fourth-order valence-corrected chi connectivity index (χ4v) is 1.54. The molecule has 0 aliphatic carbocycles. The lowest BCUT2D eigenvalue weighted by molar-refractivity contribution is -0.137. The van der Waals surface area contributed by atoms with E-state index in [-0.39, 0.29) is 18.4 Å². The maximum absolute atomic E-state index is 12.1. The first-order valence-corrected chi connectivity index (χ1v) is 5.51. The molecule has 0 fully saturated rings. The number of carboxylic acids is 1. The third-order valence-electron chi connectivity index (χ3n) is 2.73. The van der Waals surface area contributed by atoms with E-state index in [1.807, 2.05) is 0 Å². The van der Waals surface area contributed by atoms with Crippen LogP contribution in [-0.2, 0) is 4.79 Å². The van der Waals surface area contributed by atoms with Crippen molar-refractivity contribution in [3.63, 3.8) is 0 Å². The number of aliphatic carboxylic acids is 1. The lowest BCUT2D eigenvalue weighted by Crippen LogP contribution is -2.36. The molecule has 4 heteroatoms. The van der Waals surface area contributed by atoms with E-state index in [0.29, 0.717) is 11.1 Å². The number of benzene rings is 1. The van der Waals surface area contributed by atoms with Gasteiger partial charge in [-0.15, -0.1) is 6.42 Å². The van der Waals surface area contributed by atoms with Crippen molar-refractivity contribution in [1.29, 1.82) is 0 Å². The summed E-state index contributed by atoms with van der Waals surface area (Å²) in [6, 6.07) is 6.35. The summed E-state index contributed by atoms with van der Waals surface area (Å²) in [5, 5.41) is 8.70. The van der Waals surface area contributed by atoms with Crippen molar-refractivity contribution in [2.24, 2.45) is 0 Å². The Balaban J connectivity index is 2.86. The summed E-state index contributed by atoms with van der Waals surface area (Å²) in [5.74, 6) is 1.29. The normalized spacial score (nSPS) is 11.4. The van der Waals surface area contributed by atoms with Crippen molar-refractivity contribution in [2.45, 2.75) is 19.4 Å². The monoisotopic (exact) mass is 245 g/mol. The smallest absolute Gasteiger partial charge is 0.305 e. The van der Waals surface area contributed by atoms with Crippen LogP contribution in [0.2, 0.25) is 0 Å². The van der Waals surface area contributed by atoms with Crippen molar-refractivity contribution in [2.75, 3.05) is 7.05 Å². The van der Waals surface area contributed by atoms with Crippen molar-refractivity contribution >= 4 is 11.9 Å². The standard InChI is InChI=1S/C14H15NO3/c1-4-11-6-5-7-12(9-11)14(18)15(3)10(2)8-13(16)17/h1,5-7,9-10H,8H2,2-3H3,(H,16,17)/t10-/m1/s1. The lowest BCUT2D eigenvalue weighted by atomic mass is 10.1. The number of carbonyl (C=O) groups excluding carboxylic acids is 1. The van der Waals surface area contributed by atoms with Gasteiger partial charge in [0, 0.05) is 24.2 Å². The molecule has 0 aromatic heterocycles. The fraction of sp³-hybridized carbons (Fsp3) is 0.286. The topological polar surface area (TPSA) is 57.6 Å². The van der Waals surface area contributed by atoms with Crippen LogP contribution >= 0.6 is 0 Å². The van der Waals surface area contributed by atoms with E-state index in [9.17, 15) is 9.59 Å². The largest absolute Gasteiger partial charge is 0.481 e. The second-order valence-electron chi connectivity index (χ2n) is 4.09. The average molecular weight is 245 g/mol. The Labute approximate surface area is 106 Å². The molecule has 0 unspecified atom stereocenters. The first kappa shape index (κ1) is 13.8. The van der Waals surface area contributed by atoms with E-state index in [4.69, 9.17) is 11.5 Å². The molecule has 1 N–H and O–H groups in total. The van der Waals surface area contributed by atoms with Gasteiger partial charge in [-0.1, -0.05) is 12.0 Å². The molecule has 0 aliphatic heterocycles. The molecular formula is C14H15NO3. The van der Waals surface area contributed by atoms with Crippen LogP contribution in [0.3, 0.4) is 0 Å². The summed E-state index contributed by atoms with van der Waals surface area (Å²) in [4.78, 5) is 24.1. The lowest BCUT2D eigenvalue weighted by Gasteiger charge is -2.23. The van der Waals surface area contributed by atoms with Gasteiger partial charge in [0.25, 0.3) is 5.91 Å². The number of amides is 1. The number of hydrogen-bond donors (Lipinski definition) is 1. The van der Waals surface area contributed by atoms with Crippen LogP contribution in [0.4, 0.5) is 0 Å². The number of terminal acetylenes is 1. The average Bonchev–Trinajstić information content (AvgIpc) is 2.36. The van der Waals surface area contributed by atoms with Gasteiger partial charge in [-0.3, -0.25) is 9.59 Å². The molecule has 1 aromatic rings. The predicted molar refractivity (Wildman–Crippen MR) is 68.2 cm³/mol. The Morgan fingerprint density at radius 1 is 1.50 bits per heavy atom. The van der Waals surface area contributed by atoms with Gasteiger partial charge in [0.15, 0.2) is 0 Å². The molecule has 94 valence electrons. The number of carboxylic acid groups (broad SMARTS) is 1. The summed E-state index contributed by atoms with van der Waals surface area (Å²) in [5.41, 5.74) is 1.09. The van der Waals surface area contributed by atoms with Gasteiger partial charge in [0.1, 0.15) is 0 Å². The molecule has 0 heterocycles. The highest BCUT2D eigenvalue weighted by Crippen LogP contribution is 2.10. The Kier molecular flexibility index (Phi) is 4.50. The van der Waals surface area contributed by atoms with Gasteiger partial charge >= 0.3 is 5.97 Å². The minimum atomic E-state index is -0.931. The SMILES string of the molecule is C#Cc1cccc(C(=O)N(C)[C@H](C)CC(=O)O)c1. The van der Waals surface area contributed by atoms with Gasteiger partial charge in [-0.25, -0.2) is 0 Å². The third kappa shape index (κ3) is 3.36. The Morgan fingerprint density at radius 3 is 2.72 bits per heavy atom. The zero-order chi connectivity index (χ0) is 13.7. The molecule has 0 radical (unpaired) electrons. The van der Waals surface area contributed by atoms with Gasteiger partial charge in [-0.2, -0.15) is 0 Å². The van der Waals surface area contributed by atoms with E-state index in [1.165, 1.54) is 4.90 Å². The first-order chi connectivity index (χ1) is 8.45. The van der Waals surface area contributed by atoms with Gasteiger partial charge < -0.3 is 10.0 Å². The van der Waals surface area contributed by atoms with Crippen molar-refractivity contribution < 1.29 is 14.7 Å². The van der Waals surface area contributed by atoms with Crippen molar-refractivity contribution in [3.05, 3.63) is 35.4 Å².